The fourth-order valence-electron chi connectivity index (χ4n) is 1.47. The number of rotatable bonds is 3. The minimum absolute atomic E-state index is 0.136. The second-order valence-corrected chi connectivity index (χ2v) is 4.22. The standard InChI is InChI=1S/C11H9BrN2O3/c12-8-3-1-2-4-9(8)14-5-7(6-15)10(13-14)11(16)17/h1-5,15H,6H2,(H,16,17). The van der Waals surface area contributed by atoms with Crippen molar-refractivity contribution in [3.05, 3.63) is 46.2 Å². The van der Waals surface area contributed by atoms with Crippen LogP contribution in [0, 0.1) is 0 Å². The van der Waals surface area contributed by atoms with Crippen molar-refractivity contribution in [3.63, 3.8) is 0 Å². The quantitative estimate of drug-likeness (QED) is 0.906. The van der Waals surface area contributed by atoms with Crippen molar-refractivity contribution in [3.8, 4) is 5.69 Å². The highest BCUT2D eigenvalue weighted by molar-refractivity contribution is 9.10. The van der Waals surface area contributed by atoms with Crippen LogP contribution in [-0.2, 0) is 6.61 Å². The van der Waals surface area contributed by atoms with Gasteiger partial charge in [0.2, 0.25) is 0 Å². The summed E-state index contributed by atoms with van der Waals surface area (Å²) in [5, 5.41) is 21.9. The van der Waals surface area contributed by atoms with E-state index in [9.17, 15) is 4.79 Å². The number of carboxylic acids is 1. The average molecular weight is 297 g/mol. The molecular weight excluding hydrogens is 288 g/mol. The zero-order valence-electron chi connectivity index (χ0n) is 8.67. The summed E-state index contributed by atoms with van der Waals surface area (Å²) in [5.41, 5.74) is 0.867. The zero-order chi connectivity index (χ0) is 12.4. The molecule has 0 fully saturated rings. The summed E-state index contributed by atoms with van der Waals surface area (Å²) in [5.74, 6) is -1.15. The highest BCUT2D eigenvalue weighted by atomic mass is 79.9. The van der Waals surface area contributed by atoms with Crippen molar-refractivity contribution in [2.75, 3.05) is 0 Å². The van der Waals surface area contributed by atoms with E-state index in [1.54, 1.807) is 6.07 Å². The molecule has 2 aromatic rings. The summed E-state index contributed by atoms with van der Waals surface area (Å²) in [6, 6.07) is 7.29. The van der Waals surface area contributed by atoms with Gasteiger partial charge in [0.1, 0.15) is 0 Å². The van der Waals surface area contributed by atoms with Crippen molar-refractivity contribution in [2.45, 2.75) is 6.61 Å². The van der Waals surface area contributed by atoms with Gasteiger partial charge in [-0.25, -0.2) is 9.48 Å². The molecule has 2 N–H and O–H groups in total. The SMILES string of the molecule is O=C(O)c1nn(-c2ccccc2Br)cc1CO. The Morgan fingerprint density at radius 3 is 2.65 bits per heavy atom. The maximum absolute atomic E-state index is 10.9. The Morgan fingerprint density at radius 1 is 1.41 bits per heavy atom. The Labute approximate surface area is 105 Å². The summed E-state index contributed by atoms with van der Waals surface area (Å²) in [4.78, 5) is 10.9. The zero-order valence-corrected chi connectivity index (χ0v) is 10.3. The van der Waals surface area contributed by atoms with Gasteiger partial charge in [-0.1, -0.05) is 12.1 Å². The van der Waals surface area contributed by atoms with Gasteiger partial charge in [0.05, 0.1) is 12.3 Å². The largest absolute Gasteiger partial charge is 0.476 e. The number of hydrogen-bond acceptors (Lipinski definition) is 3. The van der Waals surface area contributed by atoms with Gasteiger partial charge in [0.15, 0.2) is 5.69 Å². The number of aliphatic hydroxyl groups excluding tert-OH is 1. The molecule has 1 heterocycles. The molecule has 5 nitrogen and oxygen atoms in total. The summed E-state index contributed by atoms with van der Waals surface area (Å²) in [7, 11) is 0. The topological polar surface area (TPSA) is 75.3 Å². The maximum Gasteiger partial charge on any atom is 0.356 e. The molecule has 0 saturated heterocycles. The molecule has 0 saturated carbocycles. The van der Waals surface area contributed by atoms with Crippen LogP contribution in [0.3, 0.4) is 0 Å². The van der Waals surface area contributed by atoms with E-state index < -0.39 is 5.97 Å². The van der Waals surface area contributed by atoms with E-state index in [4.69, 9.17) is 10.2 Å². The molecule has 0 bridgehead atoms. The van der Waals surface area contributed by atoms with Crippen LogP contribution in [-0.4, -0.2) is 26.0 Å². The average Bonchev–Trinajstić information content (AvgIpc) is 2.73. The number of aliphatic hydroxyl groups is 1. The molecule has 17 heavy (non-hydrogen) atoms. The lowest BCUT2D eigenvalue weighted by atomic mass is 10.2. The first-order valence-electron chi connectivity index (χ1n) is 4.81. The molecule has 88 valence electrons. The lowest BCUT2D eigenvalue weighted by Crippen LogP contribution is -2.03. The third-order valence-corrected chi connectivity index (χ3v) is 2.93. The van der Waals surface area contributed by atoms with Crippen LogP contribution in [0.4, 0.5) is 0 Å². The summed E-state index contributed by atoms with van der Waals surface area (Å²) in [6.07, 6.45) is 1.50. The van der Waals surface area contributed by atoms with Crippen molar-refractivity contribution < 1.29 is 15.0 Å². The van der Waals surface area contributed by atoms with Crippen molar-refractivity contribution in [2.24, 2.45) is 0 Å². The molecule has 0 spiro atoms. The van der Waals surface area contributed by atoms with Gasteiger partial charge in [-0.2, -0.15) is 5.10 Å². The number of halogens is 1. The molecular formula is C11H9BrN2O3. The predicted octanol–water partition coefficient (Wildman–Crippen LogP) is 1.83. The number of para-hydroxylation sites is 1. The molecule has 1 aromatic carbocycles. The Bertz CT molecular complexity index is 566. The van der Waals surface area contributed by atoms with Crippen molar-refractivity contribution >= 4 is 21.9 Å². The Kier molecular flexibility index (Phi) is 3.26. The van der Waals surface area contributed by atoms with E-state index in [1.807, 2.05) is 18.2 Å². The van der Waals surface area contributed by atoms with Crippen LogP contribution < -0.4 is 0 Å². The van der Waals surface area contributed by atoms with Gasteiger partial charge in [0.25, 0.3) is 0 Å². The van der Waals surface area contributed by atoms with Crippen LogP contribution in [0.25, 0.3) is 5.69 Å². The fraction of sp³-hybridized carbons (Fsp3) is 0.0909. The molecule has 0 aliphatic carbocycles. The van der Waals surface area contributed by atoms with Crippen LogP contribution in [0.1, 0.15) is 16.1 Å². The van der Waals surface area contributed by atoms with E-state index >= 15 is 0 Å². The van der Waals surface area contributed by atoms with Gasteiger partial charge < -0.3 is 10.2 Å². The van der Waals surface area contributed by atoms with Crippen LogP contribution >= 0.6 is 15.9 Å². The van der Waals surface area contributed by atoms with Crippen molar-refractivity contribution in [1.82, 2.24) is 9.78 Å². The number of carboxylic acid groups (broad SMARTS) is 1. The Hall–Kier alpha value is -1.66. The van der Waals surface area contributed by atoms with E-state index in [0.717, 1.165) is 10.2 Å². The lowest BCUT2D eigenvalue weighted by Gasteiger charge is -2.02. The van der Waals surface area contributed by atoms with Gasteiger partial charge in [-0.05, 0) is 28.1 Å². The third-order valence-electron chi connectivity index (χ3n) is 2.26. The number of nitrogens with zero attached hydrogens (tertiary/aromatic N) is 2. The molecule has 0 atom stereocenters. The second kappa shape index (κ2) is 4.68. The van der Waals surface area contributed by atoms with Crippen LogP contribution in [0.5, 0.6) is 0 Å². The minimum Gasteiger partial charge on any atom is -0.476 e. The Balaban J connectivity index is 2.54. The molecule has 6 heteroatoms. The summed E-state index contributed by atoms with van der Waals surface area (Å²) in [6.45, 7) is -0.355. The monoisotopic (exact) mass is 296 g/mol. The maximum atomic E-state index is 10.9. The highest BCUT2D eigenvalue weighted by Crippen LogP contribution is 2.21. The molecule has 0 amide bonds. The fourth-order valence-corrected chi connectivity index (χ4v) is 1.93. The molecule has 0 aliphatic heterocycles. The van der Waals surface area contributed by atoms with E-state index in [2.05, 4.69) is 21.0 Å². The van der Waals surface area contributed by atoms with Crippen LogP contribution in [0.15, 0.2) is 34.9 Å². The second-order valence-electron chi connectivity index (χ2n) is 3.36. The summed E-state index contributed by atoms with van der Waals surface area (Å²) < 4.78 is 2.22. The molecule has 0 radical (unpaired) electrons. The summed E-state index contributed by atoms with van der Waals surface area (Å²) >= 11 is 3.35. The normalized spacial score (nSPS) is 10.5. The van der Waals surface area contributed by atoms with E-state index in [-0.39, 0.29) is 17.9 Å². The molecule has 2 rings (SSSR count). The van der Waals surface area contributed by atoms with Crippen LogP contribution in [0.2, 0.25) is 0 Å². The van der Waals surface area contributed by atoms with E-state index in [0.29, 0.717) is 0 Å². The predicted molar refractivity (Wildman–Crippen MR) is 64.1 cm³/mol. The van der Waals surface area contributed by atoms with Gasteiger partial charge in [-0.3, -0.25) is 0 Å². The Morgan fingerprint density at radius 2 is 2.12 bits per heavy atom. The highest BCUT2D eigenvalue weighted by Gasteiger charge is 2.16. The van der Waals surface area contributed by atoms with E-state index in [1.165, 1.54) is 10.9 Å². The first-order chi connectivity index (χ1) is 8.13. The van der Waals surface area contributed by atoms with Crippen molar-refractivity contribution in [1.29, 1.82) is 0 Å². The van der Waals surface area contributed by atoms with Gasteiger partial charge in [-0.15, -0.1) is 0 Å². The number of hydrogen-bond donors (Lipinski definition) is 2. The van der Waals surface area contributed by atoms with Gasteiger partial charge >= 0.3 is 5.97 Å². The number of benzene rings is 1. The number of aromatic nitrogens is 2. The lowest BCUT2D eigenvalue weighted by molar-refractivity contribution is 0.0686. The minimum atomic E-state index is -1.15. The molecule has 0 unspecified atom stereocenters. The molecule has 0 aliphatic rings. The number of aromatic carboxylic acids is 1. The first kappa shape index (κ1) is 11.8. The first-order valence-corrected chi connectivity index (χ1v) is 5.60. The molecule has 1 aromatic heterocycles. The number of carbonyl (C=O) groups is 1. The third kappa shape index (κ3) is 2.22. The smallest absolute Gasteiger partial charge is 0.356 e. The van der Waals surface area contributed by atoms with Gasteiger partial charge in [0, 0.05) is 16.2 Å².